The molecule has 0 fully saturated rings. The largest absolute Gasteiger partial charge is 0.320 e. The van der Waals surface area contributed by atoms with Gasteiger partial charge in [0.25, 0.3) is 0 Å². The molecule has 0 aliphatic heterocycles. The number of thiazole rings is 1. The molecule has 1 atom stereocenters. The van der Waals surface area contributed by atoms with Crippen LogP contribution in [-0.4, -0.2) is 16.9 Å². The Morgan fingerprint density at radius 3 is 2.60 bits per heavy atom. The lowest BCUT2D eigenvalue weighted by molar-refractivity contribution is -0.117. The van der Waals surface area contributed by atoms with E-state index in [4.69, 9.17) is 5.73 Å². The van der Waals surface area contributed by atoms with Crippen molar-refractivity contribution >= 4 is 34.7 Å². The highest BCUT2D eigenvalue weighted by atomic mass is 35.5. The van der Waals surface area contributed by atoms with Crippen molar-refractivity contribution in [3.63, 3.8) is 0 Å². The lowest BCUT2D eigenvalue weighted by Gasteiger charge is -2.08. The van der Waals surface area contributed by atoms with Gasteiger partial charge in [-0.3, -0.25) is 4.79 Å². The summed E-state index contributed by atoms with van der Waals surface area (Å²) < 4.78 is 0. The minimum Gasteiger partial charge on any atom is -0.320 e. The van der Waals surface area contributed by atoms with E-state index in [2.05, 4.69) is 10.3 Å². The maximum absolute atomic E-state index is 11.4. The first-order valence-electron chi connectivity index (χ1n) is 4.55. The van der Waals surface area contributed by atoms with Gasteiger partial charge >= 0.3 is 0 Å². The Balaban J connectivity index is 0.00000196. The van der Waals surface area contributed by atoms with Crippen molar-refractivity contribution < 1.29 is 4.79 Å². The van der Waals surface area contributed by atoms with E-state index in [9.17, 15) is 4.79 Å². The summed E-state index contributed by atoms with van der Waals surface area (Å²) in [4.78, 5) is 15.7. The van der Waals surface area contributed by atoms with Gasteiger partial charge in [-0.25, -0.2) is 4.98 Å². The maximum Gasteiger partial charge on any atom is 0.241 e. The molecular formula is C9H16ClN3OS. The molecule has 6 heteroatoms. The summed E-state index contributed by atoms with van der Waals surface area (Å²) in [6.07, 6.45) is 0.642. The van der Waals surface area contributed by atoms with Gasteiger partial charge in [0.2, 0.25) is 5.91 Å². The van der Waals surface area contributed by atoms with E-state index < -0.39 is 6.04 Å². The molecule has 0 spiro atoms. The second kappa shape index (κ2) is 6.05. The summed E-state index contributed by atoms with van der Waals surface area (Å²) in [5, 5.41) is 4.52. The molecule has 0 saturated carbocycles. The quantitative estimate of drug-likeness (QED) is 0.859. The third kappa shape index (κ3) is 3.77. The van der Waals surface area contributed by atoms with E-state index in [0.29, 0.717) is 6.42 Å². The second-order valence-electron chi connectivity index (χ2n) is 3.15. The minimum atomic E-state index is -0.434. The average molecular weight is 250 g/mol. The molecule has 0 aliphatic rings. The summed E-state index contributed by atoms with van der Waals surface area (Å²) in [5.41, 5.74) is 6.44. The molecule has 15 heavy (non-hydrogen) atoms. The number of halogens is 1. The number of carbonyl (C=O) groups excluding carboxylic acids is 1. The van der Waals surface area contributed by atoms with Crippen LogP contribution in [0.15, 0.2) is 0 Å². The molecule has 1 unspecified atom stereocenters. The van der Waals surface area contributed by atoms with Crippen LogP contribution in [0.4, 0.5) is 5.00 Å². The Kier molecular flexibility index (Phi) is 5.79. The van der Waals surface area contributed by atoms with Crippen LogP contribution >= 0.6 is 23.7 Å². The molecule has 0 aliphatic carbocycles. The van der Waals surface area contributed by atoms with Crippen LogP contribution in [0.2, 0.25) is 0 Å². The van der Waals surface area contributed by atoms with Gasteiger partial charge in [-0.1, -0.05) is 6.92 Å². The molecule has 1 heterocycles. The molecule has 1 amide bonds. The minimum absolute atomic E-state index is 0. The van der Waals surface area contributed by atoms with E-state index in [1.807, 2.05) is 20.8 Å². The number of rotatable bonds is 3. The van der Waals surface area contributed by atoms with E-state index in [0.717, 1.165) is 15.7 Å². The van der Waals surface area contributed by atoms with Crippen LogP contribution < -0.4 is 11.1 Å². The van der Waals surface area contributed by atoms with Crippen molar-refractivity contribution in [3.05, 3.63) is 10.7 Å². The third-order valence-corrected chi connectivity index (χ3v) is 2.91. The molecule has 1 aromatic heterocycles. The molecular weight excluding hydrogens is 234 g/mol. The monoisotopic (exact) mass is 249 g/mol. The van der Waals surface area contributed by atoms with Gasteiger partial charge in [-0.05, 0) is 20.3 Å². The van der Waals surface area contributed by atoms with Gasteiger partial charge in [0.1, 0.15) is 5.00 Å². The van der Waals surface area contributed by atoms with Crippen molar-refractivity contribution in [3.8, 4) is 0 Å². The van der Waals surface area contributed by atoms with Crippen molar-refractivity contribution in [2.24, 2.45) is 5.73 Å². The number of hydrogen-bond acceptors (Lipinski definition) is 4. The van der Waals surface area contributed by atoms with Gasteiger partial charge in [0.15, 0.2) is 0 Å². The summed E-state index contributed by atoms with van der Waals surface area (Å²) in [6.45, 7) is 5.67. The molecule has 1 rings (SSSR count). The molecule has 0 aromatic carbocycles. The lowest BCUT2D eigenvalue weighted by atomic mass is 10.2. The predicted octanol–water partition coefficient (Wildman–Crippen LogP) is 1.86. The topological polar surface area (TPSA) is 68.0 Å². The SMILES string of the molecule is CCC(N)C(=O)Nc1sc(C)nc1C.Cl. The Bertz CT molecular complexity index is 340. The summed E-state index contributed by atoms with van der Waals surface area (Å²) in [5.74, 6) is -0.140. The Morgan fingerprint density at radius 2 is 2.20 bits per heavy atom. The zero-order chi connectivity index (χ0) is 10.7. The standard InChI is InChI=1S/C9H15N3OS.ClH/c1-4-7(10)8(13)12-9-5(2)11-6(3)14-9;/h7H,4,10H2,1-3H3,(H,12,13);1H. The fourth-order valence-corrected chi connectivity index (χ4v) is 1.86. The number of aromatic nitrogens is 1. The fourth-order valence-electron chi connectivity index (χ4n) is 1.04. The zero-order valence-corrected chi connectivity index (χ0v) is 10.7. The predicted molar refractivity (Wildman–Crippen MR) is 65.7 cm³/mol. The van der Waals surface area contributed by atoms with E-state index in [1.54, 1.807) is 0 Å². The second-order valence-corrected chi connectivity index (χ2v) is 4.35. The summed E-state index contributed by atoms with van der Waals surface area (Å²) in [6, 6.07) is -0.434. The zero-order valence-electron chi connectivity index (χ0n) is 9.03. The van der Waals surface area contributed by atoms with Crippen LogP contribution in [0.3, 0.4) is 0 Å². The van der Waals surface area contributed by atoms with Crippen LogP contribution in [0.1, 0.15) is 24.0 Å². The number of aryl methyl sites for hydroxylation is 2. The third-order valence-electron chi connectivity index (χ3n) is 1.92. The van der Waals surface area contributed by atoms with Gasteiger partial charge < -0.3 is 11.1 Å². The van der Waals surface area contributed by atoms with Crippen LogP contribution in [0.25, 0.3) is 0 Å². The smallest absolute Gasteiger partial charge is 0.241 e. The highest BCUT2D eigenvalue weighted by molar-refractivity contribution is 7.16. The number of anilines is 1. The Hall–Kier alpha value is -0.650. The van der Waals surface area contributed by atoms with E-state index in [1.165, 1.54) is 11.3 Å². The molecule has 1 aromatic rings. The van der Waals surface area contributed by atoms with Gasteiger partial charge in [-0.15, -0.1) is 23.7 Å². The average Bonchev–Trinajstić information content (AvgIpc) is 2.44. The molecule has 0 radical (unpaired) electrons. The van der Waals surface area contributed by atoms with Gasteiger partial charge in [0.05, 0.1) is 16.7 Å². The van der Waals surface area contributed by atoms with E-state index >= 15 is 0 Å². The Morgan fingerprint density at radius 1 is 1.60 bits per heavy atom. The fraction of sp³-hybridized carbons (Fsp3) is 0.556. The number of hydrogen-bond donors (Lipinski definition) is 2. The van der Waals surface area contributed by atoms with Crippen molar-refractivity contribution in [2.45, 2.75) is 33.2 Å². The van der Waals surface area contributed by atoms with Crippen LogP contribution in [0, 0.1) is 13.8 Å². The molecule has 4 nitrogen and oxygen atoms in total. The normalized spacial score (nSPS) is 11.7. The van der Waals surface area contributed by atoms with Crippen molar-refractivity contribution in [1.82, 2.24) is 4.98 Å². The van der Waals surface area contributed by atoms with Gasteiger partial charge in [-0.2, -0.15) is 0 Å². The highest BCUT2D eigenvalue weighted by Crippen LogP contribution is 2.23. The molecule has 3 N–H and O–H groups in total. The number of nitrogens with two attached hydrogens (primary N) is 1. The number of carbonyl (C=O) groups is 1. The first-order chi connectivity index (χ1) is 6.54. The van der Waals surface area contributed by atoms with Crippen molar-refractivity contribution in [1.29, 1.82) is 0 Å². The van der Waals surface area contributed by atoms with Crippen LogP contribution in [-0.2, 0) is 4.79 Å². The number of amides is 1. The Labute approximate surface area is 99.7 Å². The first-order valence-corrected chi connectivity index (χ1v) is 5.36. The summed E-state index contributed by atoms with van der Waals surface area (Å²) in [7, 11) is 0. The van der Waals surface area contributed by atoms with E-state index in [-0.39, 0.29) is 18.3 Å². The summed E-state index contributed by atoms with van der Waals surface area (Å²) >= 11 is 1.47. The molecule has 86 valence electrons. The lowest BCUT2D eigenvalue weighted by Crippen LogP contribution is -2.34. The number of nitrogens with one attached hydrogen (secondary N) is 1. The number of nitrogens with zero attached hydrogens (tertiary/aromatic N) is 1. The molecule has 0 saturated heterocycles. The molecule has 0 bridgehead atoms. The highest BCUT2D eigenvalue weighted by Gasteiger charge is 2.13. The van der Waals surface area contributed by atoms with Gasteiger partial charge in [0, 0.05) is 0 Å². The van der Waals surface area contributed by atoms with Crippen LogP contribution in [0.5, 0.6) is 0 Å². The first kappa shape index (κ1) is 14.3. The maximum atomic E-state index is 11.4. The van der Waals surface area contributed by atoms with Crippen molar-refractivity contribution in [2.75, 3.05) is 5.32 Å².